The molecule has 6 nitrogen and oxygen atoms in total. The van der Waals surface area contributed by atoms with Crippen LogP contribution in [0.25, 0.3) is 0 Å². The first kappa shape index (κ1) is 19.2. The number of hydrazine groups is 1. The Labute approximate surface area is 148 Å². The second-order valence-corrected chi connectivity index (χ2v) is 9.09. The minimum absolute atomic E-state index is 0.0945. The Balaban J connectivity index is 2.35. The zero-order valence-corrected chi connectivity index (χ0v) is 16.0. The lowest BCUT2D eigenvalue weighted by molar-refractivity contribution is 0.0857. The summed E-state index contributed by atoms with van der Waals surface area (Å²) in [5.74, 6) is 0.183. The standard InChI is InChI=1S/C16H24ClN3O3S/c1-11-7-12(2)10-20(9-11)24(22,23)13-5-6-15(17)14(8-13)16(21)18-19(3)4/h5-6,8,11-12H,7,9-10H2,1-4H3,(H,18,21)/t11-,12+. The molecule has 24 heavy (non-hydrogen) atoms. The summed E-state index contributed by atoms with van der Waals surface area (Å²) in [6.07, 6.45) is 1.02. The molecule has 0 spiro atoms. The van der Waals surface area contributed by atoms with E-state index in [2.05, 4.69) is 19.3 Å². The molecule has 1 saturated heterocycles. The van der Waals surface area contributed by atoms with E-state index in [4.69, 9.17) is 11.6 Å². The fourth-order valence-electron chi connectivity index (χ4n) is 3.05. The zero-order valence-electron chi connectivity index (χ0n) is 14.4. The summed E-state index contributed by atoms with van der Waals surface area (Å²) in [6.45, 7) is 5.09. The summed E-state index contributed by atoms with van der Waals surface area (Å²) >= 11 is 6.07. The number of piperidine rings is 1. The van der Waals surface area contributed by atoms with Crippen LogP contribution in [0.4, 0.5) is 0 Å². The molecule has 1 heterocycles. The van der Waals surface area contributed by atoms with E-state index in [0.29, 0.717) is 24.9 Å². The summed E-state index contributed by atoms with van der Waals surface area (Å²) in [4.78, 5) is 12.3. The second kappa shape index (κ2) is 7.39. The Morgan fingerprint density at radius 3 is 2.38 bits per heavy atom. The second-order valence-electron chi connectivity index (χ2n) is 6.75. The number of carbonyl (C=O) groups is 1. The zero-order chi connectivity index (χ0) is 18.1. The van der Waals surface area contributed by atoms with Crippen molar-refractivity contribution in [3.8, 4) is 0 Å². The van der Waals surface area contributed by atoms with Gasteiger partial charge in [0.1, 0.15) is 0 Å². The molecular weight excluding hydrogens is 350 g/mol. The average Bonchev–Trinajstić information content (AvgIpc) is 2.45. The molecule has 1 aliphatic rings. The van der Waals surface area contributed by atoms with E-state index in [0.717, 1.165) is 6.42 Å². The number of nitrogens with zero attached hydrogens (tertiary/aromatic N) is 2. The maximum atomic E-state index is 12.9. The van der Waals surface area contributed by atoms with Crippen molar-refractivity contribution in [1.29, 1.82) is 0 Å². The topological polar surface area (TPSA) is 69.7 Å². The quantitative estimate of drug-likeness (QED) is 0.821. The lowest BCUT2D eigenvalue weighted by Crippen LogP contribution is -2.42. The van der Waals surface area contributed by atoms with Crippen molar-refractivity contribution in [3.63, 3.8) is 0 Å². The minimum atomic E-state index is -3.65. The van der Waals surface area contributed by atoms with Gasteiger partial charge in [-0.1, -0.05) is 25.4 Å². The molecule has 0 radical (unpaired) electrons. The number of halogens is 1. The van der Waals surface area contributed by atoms with Crippen LogP contribution in [0.5, 0.6) is 0 Å². The molecule has 0 unspecified atom stereocenters. The molecular formula is C16H24ClN3O3S. The van der Waals surface area contributed by atoms with Crippen LogP contribution < -0.4 is 5.43 Å². The Morgan fingerprint density at radius 2 is 1.83 bits per heavy atom. The third kappa shape index (κ3) is 4.27. The van der Waals surface area contributed by atoms with Crippen molar-refractivity contribution in [2.75, 3.05) is 27.2 Å². The Morgan fingerprint density at radius 1 is 1.25 bits per heavy atom. The number of amides is 1. The molecule has 0 saturated carbocycles. The van der Waals surface area contributed by atoms with Crippen LogP contribution in [-0.2, 0) is 10.0 Å². The largest absolute Gasteiger partial charge is 0.285 e. The third-order valence-corrected chi connectivity index (χ3v) is 6.14. The van der Waals surface area contributed by atoms with Crippen LogP contribution in [0.15, 0.2) is 23.1 Å². The number of hydrogen-bond donors (Lipinski definition) is 1. The van der Waals surface area contributed by atoms with Crippen LogP contribution in [0.1, 0.15) is 30.6 Å². The van der Waals surface area contributed by atoms with Gasteiger partial charge in [-0.25, -0.2) is 13.4 Å². The van der Waals surface area contributed by atoms with Crippen molar-refractivity contribution >= 4 is 27.5 Å². The van der Waals surface area contributed by atoms with E-state index in [1.165, 1.54) is 27.5 Å². The van der Waals surface area contributed by atoms with Crippen LogP contribution in [0.2, 0.25) is 5.02 Å². The number of sulfonamides is 1. The number of benzene rings is 1. The Bertz CT molecular complexity index is 711. The number of hydrogen-bond acceptors (Lipinski definition) is 4. The lowest BCUT2D eigenvalue weighted by Gasteiger charge is -2.34. The van der Waals surface area contributed by atoms with Crippen LogP contribution in [-0.4, -0.2) is 50.8 Å². The van der Waals surface area contributed by atoms with E-state index in [1.807, 2.05) is 0 Å². The van der Waals surface area contributed by atoms with Gasteiger partial charge in [0.2, 0.25) is 10.0 Å². The highest BCUT2D eigenvalue weighted by atomic mass is 35.5. The van der Waals surface area contributed by atoms with Gasteiger partial charge < -0.3 is 0 Å². The van der Waals surface area contributed by atoms with Gasteiger partial charge in [0.25, 0.3) is 5.91 Å². The van der Waals surface area contributed by atoms with E-state index < -0.39 is 15.9 Å². The van der Waals surface area contributed by atoms with E-state index in [1.54, 1.807) is 14.1 Å². The minimum Gasteiger partial charge on any atom is -0.285 e. The van der Waals surface area contributed by atoms with Gasteiger partial charge >= 0.3 is 0 Å². The molecule has 1 aliphatic heterocycles. The normalized spacial score (nSPS) is 22.6. The highest BCUT2D eigenvalue weighted by molar-refractivity contribution is 7.89. The molecule has 1 aromatic carbocycles. The molecule has 1 N–H and O–H groups in total. The lowest BCUT2D eigenvalue weighted by atomic mass is 9.94. The molecule has 8 heteroatoms. The summed E-state index contributed by atoms with van der Waals surface area (Å²) in [6, 6.07) is 4.25. The van der Waals surface area contributed by atoms with E-state index in [-0.39, 0.29) is 15.5 Å². The maximum absolute atomic E-state index is 12.9. The highest BCUT2D eigenvalue weighted by Crippen LogP contribution is 2.28. The van der Waals surface area contributed by atoms with Gasteiger partial charge in [0.15, 0.2) is 0 Å². The maximum Gasteiger partial charge on any atom is 0.267 e. The first-order valence-corrected chi connectivity index (χ1v) is 9.71. The Kier molecular flexibility index (Phi) is 5.91. The van der Waals surface area contributed by atoms with Crippen molar-refractivity contribution in [2.45, 2.75) is 25.2 Å². The van der Waals surface area contributed by atoms with Gasteiger partial charge in [-0.15, -0.1) is 0 Å². The van der Waals surface area contributed by atoms with E-state index in [9.17, 15) is 13.2 Å². The molecule has 1 amide bonds. The molecule has 0 bridgehead atoms. The van der Waals surface area contributed by atoms with Gasteiger partial charge in [-0.3, -0.25) is 10.2 Å². The van der Waals surface area contributed by atoms with Crippen LogP contribution >= 0.6 is 11.6 Å². The fourth-order valence-corrected chi connectivity index (χ4v) is 4.96. The Hall–Kier alpha value is -1.15. The van der Waals surface area contributed by atoms with Crippen molar-refractivity contribution in [3.05, 3.63) is 28.8 Å². The van der Waals surface area contributed by atoms with Gasteiger partial charge in [0, 0.05) is 27.2 Å². The molecule has 1 fully saturated rings. The van der Waals surface area contributed by atoms with E-state index >= 15 is 0 Å². The van der Waals surface area contributed by atoms with Crippen molar-refractivity contribution < 1.29 is 13.2 Å². The summed E-state index contributed by atoms with van der Waals surface area (Å²) in [5.41, 5.74) is 2.72. The van der Waals surface area contributed by atoms with Gasteiger partial charge in [-0.2, -0.15) is 4.31 Å². The molecule has 2 atom stereocenters. The monoisotopic (exact) mass is 373 g/mol. The first-order chi connectivity index (χ1) is 11.1. The predicted octanol–water partition coefficient (Wildman–Crippen LogP) is 2.21. The van der Waals surface area contributed by atoms with Crippen molar-refractivity contribution in [1.82, 2.24) is 14.7 Å². The summed E-state index contributed by atoms with van der Waals surface area (Å²) in [5, 5.41) is 1.70. The van der Waals surface area contributed by atoms with Crippen molar-refractivity contribution in [2.24, 2.45) is 11.8 Å². The molecule has 0 aliphatic carbocycles. The average molecular weight is 374 g/mol. The number of nitrogens with one attached hydrogen (secondary N) is 1. The SMILES string of the molecule is C[C@@H]1C[C@H](C)CN(S(=O)(=O)c2ccc(Cl)c(C(=O)NN(C)C)c2)C1. The molecule has 134 valence electrons. The molecule has 0 aromatic heterocycles. The third-order valence-electron chi connectivity index (χ3n) is 3.98. The smallest absolute Gasteiger partial charge is 0.267 e. The number of rotatable bonds is 4. The highest BCUT2D eigenvalue weighted by Gasteiger charge is 2.32. The summed E-state index contributed by atoms with van der Waals surface area (Å²) in [7, 11) is -0.309. The molecule has 1 aromatic rings. The molecule has 2 rings (SSSR count). The number of carbonyl (C=O) groups excluding carboxylic acids is 1. The van der Waals surface area contributed by atoms with Gasteiger partial charge in [-0.05, 0) is 36.5 Å². The van der Waals surface area contributed by atoms with Crippen LogP contribution in [0, 0.1) is 11.8 Å². The summed E-state index contributed by atoms with van der Waals surface area (Å²) < 4.78 is 27.4. The predicted molar refractivity (Wildman–Crippen MR) is 94.3 cm³/mol. The fraction of sp³-hybridized carbons (Fsp3) is 0.562. The first-order valence-electron chi connectivity index (χ1n) is 7.89. The van der Waals surface area contributed by atoms with Crippen LogP contribution in [0.3, 0.4) is 0 Å². The van der Waals surface area contributed by atoms with Gasteiger partial charge in [0.05, 0.1) is 15.5 Å².